The van der Waals surface area contributed by atoms with Gasteiger partial charge in [-0.1, -0.05) is 42.7 Å². The summed E-state index contributed by atoms with van der Waals surface area (Å²) in [7, 11) is 0. The smallest absolute Gasteiger partial charge is 0.326 e. The Balaban J connectivity index is 1.26. The van der Waals surface area contributed by atoms with Crippen LogP contribution in [0.4, 0.5) is 5.82 Å². The van der Waals surface area contributed by atoms with Gasteiger partial charge in [0.1, 0.15) is 5.52 Å². The Morgan fingerprint density at radius 1 is 1.27 bits per heavy atom. The summed E-state index contributed by atoms with van der Waals surface area (Å²) >= 11 is 0. The first-order valence-electron chi connectivity index (χ1n) is 14.2. The number of rotatable bonds is 14. The van der Waals surface area contributed by atoms with Crippen LogP contribution in [0.15, 0.2) is 40.2 Å². The Bertz CT molecular complexity index is 1400. The maximum atomic E-state index is 12.7. The largest absolute Gasteiger partial charge is 0.478 e. The predicted octanol–water partition coefficient (Wildman–Crippen LogP) is 2.89. The average Bonchev–Trinajstić information content (AvgIpc) is 3.29. The molecule has 6 N–H and O–H groups in total. The van der Waals surface area contributed by atoms with Crippen LogP contribution in [0.5, 0.6) is 5.88 Å². The van der Waals surface area contributed by atoms with Crippen LogP contribution in [0.1, 0.15) is 50.2 Å². The van der Waals surface area contributed by atoms with E-state index in [0.717, 1.165) is 57.3 Å². The lowest BCUT2D eigenvalue weighted by molar-refractivity contribution is -0.122. The molecule has 4 rings (SSSR count). The van der Waals surface area contributed by atoms with Crippen LogP contribution in [-0.4, -0.2) is 64.2 Å². The number of unbranched alkanes of at least 4 members (excludes halogenated alkanes) is 1. The number of carbonyl (C=O) groups excluding carboxylic acids is 1. The summed E-state index contributed by atoms with van der Waals surface area (Å²) in [6.45, 7) is 6.46. The minimum absolute atomic E-state index is 0.0362. The number of anilines is 1. The van der Waals surface area contributed by atoms with Crippen LogP contribution < -0.4 is 27.2 Å². The van der Waals surface area contributed by atoms with Gasteiger partial charge in [0, 0.05) is 30.6 Å². The van der Waals surface area contributed by atoms with E-state index in [0.29, 0.717) is 42.5 Å². The standard InChI is InChI=1S/C28H40N10O3/c1-2-3-14-41-24-15-23-25(26(30)34-24)35-28(40)38(23)18-21-6-4-20(5-7-21)17-37-12-9-19(10-13-37)8-11-32-27(39)22(29)16-33-36-31/h4-7,15,19,22H,2-3,8-14,16-18,29H2,1H3,(H2,30,34)(H,32,39)(H,35,40)/t22-/m0/s1. The SMILES string of the molecule is CCCCOc1cc2c([nH]c(=O)n2Cc2ccc(CN3CCC(CCNC(=O)[C@@H](N)CN=[N+]=[N-])CC3)cc2)c(N)n1. The van der Waals surface area contributed by atoms with Gasteiger partial charge < -0.3 is 26.5 Å². The molecule has 2 aromatic heterocycles. The van der Waals surface area contributed by atoms with Gasteiger partial charge in [-0.2, -0.15) is 4.98 Å². The number of nitrogens with one attached hydrogen (secondary N) is 2. The maximum Gasteiger partial charge on any atom is 0.326 e. The number of carbonyl (C=O) groups is 1. The monoisotopic (exact) mass is 564 g/mol. The van der Waals surface area contributed by atoms with E-state index in [1.54, 1.807) is 10.6 Å². The number of hydrogen-bond acceptors (Lipinski definition) is 8. The highest BCUT2D eigenvalue weighted by Gasteiger charge is 2.20. The number of amides is 1. The number of H-pyrrole nitrogens is 1. The van der Waals surface area contributed by atoms with Crippen molar-refractivity contribution in [2.24, 2.45) is 16.8 Å². The summed E-state index contributed by atoms with van der Waals surface area (Å²) in [5.41, 5.74) is 23.4. The molecule has 0 aliphatic carbocycles. The normalized spacial score (nSPS) is 15.0. The highest BCUT2D eigenvalue weighted by atomic mass is 16.5. The van der Waals surface area contributed by atoms with Crippen molar-refractivity contribution in [3.63, 3.8) is 0 Å². The number of nitrogen functional groups attached to an aromatic ring is 1. The lowest BCUT2D eigenvalue weighted by Crippen LogP contribution is -2.43. The fourth-order valence-corrected chi connectivity index (χ4v) is 5.07. The molecule has 1 aliphatic heterocycles. The van der Waals surface area contributed by atoms with Crippen molar-refractivity contribution >= 4 is 22.8 Å². The van der Waals surface area contributed by atoms with E-state index in [1.807, 2.05) is 0 Å². The van der Waals surface area contributed by atoms with E-state index in [4.69, 9.17) is 21.7 Å². The highest BCUT2D eigenvalue weighted by Crippen LogP contribution is 2.24. The molecular formula is C28H40N10O3. The number of nitrogens with zero attached hydrogens (tertiary/aromatic N) is 6. The Morgan fingerprint density at radius 3 is 2.66 bits per heavy atom. The quantitative estimate of drug-likeness (QED) is 0.1000. The number of pyridine rings is 1. The summed E-state index contributed by atoms with van der Waals surface area (Å²) in [4.78, 5) is 36.8. The third-order valence-electron chi connectivity index (χ3n) is 7.53. The number of piperidine rings is 1. The summed E-state index contributed by atoms with van der Waals surface area (Å²) in [5, 5.41) is 6.19. The second-order valence-corrected chi connectivity index (χ2v) is 10.6. The van der Waals surface area contributed by atoms with Crippen molar-refractivity contribution in [1.82, 2.24) is 24.8 Å². The van der Waals surface area contributed by atoms with Crippen molar-refractivity contribution < 1.29 is 9.53 Å². The Kier molecular flexibility index (Phi) is 10.6. The molecule has 0 unspecified atom stereocenters. The zero-order valence-electron chi connectivity index (χ0n) is 23.6. The molecule has 3 aromatic rings. The third kappa shape index (κ3) is 8.23. The molecule has 0 saturated carbocycles. The van der Waals surface area contributed by atoms with E-state index in [2.05, 4.69) is 61.4 Å². The summed E-state index contributed by atoms with van der Waals surface area (Å²) < 4.78 is 7.40. The van der Waals surface area contributed by atoms with Gasteiger partial charge in [0.05, 0.1) is 24.7 Å². The molecule has 13 heteroatoms. The van der Waals surface area contributed by atoms with Gasteiger partial charge in [-0.3, -0.25) is 14.3 Å². The molecule has 0 radical (unpaired) electrons. The summed E-state index contributed by atoms with van der Waals surface area (Å²) in [6, 6.07) is 9.32. The van der Waals surface area contributed by atoms with Gasteiger partial charge in [-0.25, -0.2) is 4.79 Å². The number of likely N-dealkylation sites (tertiary alicyclic amines) is 1. The molecule has 0 bridgehead atoms. The lowest BCUT2D eigenvalue weighted by Gasteiger charge is -2.32. The number of hydrogen-bond donors (Lipinski definition) is 4. The number of fused-ring (bicyclic) bond motifs is 1. The Hall–Kier alpha value is -4.06. The summed E-state index contributed by atoms with van der Waals surface area (Å²) in [5.74, 6) is 0.945. The number of imidazole rings is 1. The second kappa shape index (κ2) is 14.5. The van der Waals surface area contributed by atoms with Gasteiger partial charge in [-0.15, -0.1) is 0 Å². The number of aromatic nitrogens is 3. The highest BCUT2D eigenvalue weighted by molar-refractivity contribution is 5.85. The number of nitrogens with two attached hydrogens (primary N) is 2. The number of ether oxygens (including phenoxy) is 1. The van der Waals surface area contributed by atoms with E-state index in [9.17, 15) is 9.59 Å². The molecule has 1 aromatic carbocycles. The predicted molar refractivity (Wildman–Crippen MR) is 158 cm³/mol. The van der Waals surface area contributed by atoms with Gasteiger partial charge in [0.25, 0.3) is 0 Å². The molecule has 3 heterocycles. The maximum absolute atomic E-state index is 12.7. The molecule has 41 heavy (non-hydrogen) atoms. The average molecular weight is 565 g/mol. The van der Waals surface area contributed by atoms with Gasteiger partial charge >= 0.3 is 5.69 Å². The van der Waals surface area contributed by atoms with Crippen molar-refractivity contribution in [3.8, 4) is 5.88 Å². The second-order valence-electron chi connectivity index (χ2n) is 10.6. The van der Waals surface area contributed by atoms with Gasteiger partial charge in [-0.05, 0) is 61.3 Å². The molecule has 1 atom stereocenters. The summed E-state index contributed by atoms with van der Waals surface area (Å²) in [6.07, 6.45) is 4.99. The van der Waals surface area contributed by atoms with E-state index < -0.39 is 6.04 Å². The topological polar surface area (TPSA) is 193 Å². The number of aromatic amines is 1. The van der Waals surface area contributed by atoms with E-state index in [-0.39, 0.29) is 24.0 Å². The Morgan fingerprint density at radius 2 is 1.98 bits per heavy atom. The van der Waals surface area contributed by atoms with Crippen molar-refractivity contribution in [3.05, 3.63) is 62.4 Å². The van der Waals surface area contributed by atoms with Crippen molar-refractivity contribution in [2.45, 2.75) is 58.2 Å². The van der Waals surface area contributed by atoms with Crippen LogP contribution in [0.2, 0.25) is 0 Å². The first kappa shape index (κ1) is 29.9. The first-order valence-corrected chi connectivity index (χ1v) is 14.2. The van der Waals surface area contributed by atoms with Crippen LogP contribution in [0, 0.1) is 5.92 Å². The molecule has 220 valence electrons. The molecule has 1 amide bonds. The van der Waals surface area contributed by atoms with Crippen molar-refractivity contribution in [2.75, 3.05) is 38.5 Å². The zero-order valence-corrected chi connectivity index (χ0v) is 23.6. The van der Waals surface area contributed by atoms with E-state index in [1.165, 1.54) is 5.56 Å². The molecule has 1 aliphatic rings. The van der Waals surface area contributed by atoms with Gasteiger partial charge in [0.15, 0.2) is 5.82 Å². The van der Waals surface area contributed by atoms with Crippen LogP contribution in [0.3, 0.4) is 0 Å². The van der Waals surface area contributed by atoms with Crippen LogP contribution >= 0.6 is 0 Å². The van der Waals surface area contributed by atoms with Crippen molar-refractivity contribution in [1.29, 1.82) is 0 Å². The van der Waals surface area contributed by atoms with Gasteiger partial charge in [0.2, 0.25) is 11.8 Å². The van der Waals surface area contributed by atoms with E-state index >= 15 is 0 Å². The number of benzene rings is 1. The molecule has 13 nitrogen and oxygen atoms in total. The zero-order chi connectivity index (χ0) is 29.2. The van der Waals surface area contributed by atoms with Crippen LogP contribution in [-0.2, 0) is 17.9 Å². The molecule has 1 saturated heterocycles. The lowest BCUT2D eigenvalue weighted by atomic mass is 9.93. The molecule has 0 spiro atoms. The molecular weight excluding hydrogens is 524 g/mol. The molecule has 1 fully saturated rings. The Labute approximate surface area is 238 Å². The first-order chi connectivity index (χ1) is 19.9. The van der Waals surface area contributed by atoms with Crippen LogP contribution in [0.25, 0.3) is 21.5 Å². The third-order valence-corrected chi connectivity index (χ3v) is 7.53. The number of azide groups is 1. The minimum atomic E-state index is -0.804. The fraction of sp³-hybridized carbons (Fsp3) is 0.536. The minimum Gasteiger partial charge on any atom is -0.478 e. The fourth-order valence-electron chi connectivity index (χ4n) is 5.07.